The van der Waals surface area contributed by atoms with Crippen molar-refractivity contribution in [2.75, 3.05) is 11.9 Å². The lowest BCUT2D eigenvalue weighted by Crippen LogP contribution is -2.21. The summed E-state index contributed by atoms with van der Waals surface area (Å²) in [5.41, 5.74) is 0.593. The lowest BCUT2D eigenvalue weighted by Gasteiger charge is -2.10. The Morgan fingerprint density at radius 2 is 1.77 bits per heavy atom. The van der Waals surface area contributed by atoms with Crippen LogP contribution >= 0.6 is 0 Å². The second-order valence-electron chi connectivity index (χ2n) is 5.17. The van der Waals surface area contributed by atoms with Gasteiger partial charge < -0.3 is 19.9 Å². The molecule has 0 saturated carbocycles. The monoisotopic (exact) mass is 369 g/mol. The van der Waals surface area contributed by atoms with Gasteiger partial charge in [0.25, 0.3) is 5.91 Å². The minimum Gasteiger partial charge on any atom is -0.507 e. The molecule has 138 valence electrons. The zero-order valence-corrected chi connectivity index (χ0v) is 13.5. The molecule has 0 bridgehead atoms. The van der Waals surface area contributed by atoms with Crippen molar-refractivity contribution in [2.24, 2.45) is 0 Å². The van der Waals surface area contributed by atoms with Gasteiger partial charge in [0, 0.05) is 5.69 Å². The number of aromatic hydroxyl groups is 1. The number of phenolic OH excluding ortho intramolecular Hbond substituents is 1. The summed E-state index contributed by atoms with van der Waals surface area (Å²) in [7, 11) is 0. The van der Waals surface area contributed by atoms with Crippen molar-refractivity contribution in [1.29, 1.82) is 0 Å². The first-order valence-electron chi connectivity index (χ1n) is 7.27. The summed E-state index contributed by atoms with van der Waals surface area (Å²) in [6, 6.07) is 8.96. The van der Waals surface area contributed by atoms with Crippen molar-refractivity contribution in [2.45, 2.75) is 13.3 Å². The minimum absolute atomic E-state index is 0.0774. The third kappa shape index (κ3) is 5.40. The third-order valence-electron chi connectivity index (χ3n) is 3.16. The molecule has 0 unspecified atom stereocenters. The van der Waals surface area contributed by atoms with Crippen LogP contribution in [0.2, 0.25) is 0 Å². The Labute approximate surface area is 146 Å². The maximum Gasteiger partial charge on any atom is 0.573 e. The highest BCUT2D eigenvalue weighted by Crippen LogP contribution is 2.24. The number of rotatable bonds is 5. The summed E-state index contributed by atoms with van der Waals surface area (Å²) in [5.74, 6) is -2.25. The number of halogens is 3. The van der Waals surface area contributed by atoms with Crippen LogP contribution in [-0.2, 0) is 9.53 Å². The van der Waals surface area contributed by atoms with Crippen LogP contribution in [0.15, 0.2) is 42.5 Å². The maximum absolute atomic E-state index is 12.1. The van der Waals surface area contributed by atoms with Gasteiger partial charge >= 0.3 is 12.3 Å². The Balaban J connectivity index is 1.89. The van der Waals surface area contributed by atoms with E-state index in [9.17, 15) is 27.9 Å². The molecule has 0 aliphatic carbocycles. The molecule has 2 aromatic rings. The SMILES string of the molecule is Cc1cccc(C(=O)OCC(=O)Nc2ccc(OC(F)(F)F)cc2)c1O. The normalized spacial score (nSPS) is 10.9. The first-order valence-corrected chi connectivity index (χ1v) is 7.27. The molecule has 0 radical (unpaired) electrons. The number of phenols is 1. The first-order chi connectivity index (χ1) is 12.2. The van der Waals surface area contributed by atoms with Gasteiger partial charge in [0.1, 0.15) is 17.1 Å². The Kier molecular flexibility index (Phi) is 5.71. The number of ether oxygens (including phenoxy) is 2. The Bertz CT molecular complexity index is 803. The number of anilines is 1. The summed E-state index contributed by atoms with van der Waals surface area (Å²) in [5, 5.41) is 12.1. The third-order valence-corrected chi connectivity index (χ3v) is 3.16. The molecule has 1 amide bonds. The number of hydrogen-bond donors (Lipinski definition) is 2. The van der Waals surface area contributed by atoms with E-state index in [1.54, 1.807) is 19.1 Å². The van der Waals surface area contributed by atoms with Crippen LogP contribution in [0.4, 0.5) is 18.9 Å². The van der Waals surface area contributed by atoms with Gasteiger partial charge in [-0.25, -0.2) is 4.79 Å². The number of alkyl halides is 3. The Morgan fingerprint density at radius 3 is 2.38 bits per heavy atom. The van der Waals surface area contributed by atoms with Gasteiger partial charge in [-0.3, -0.25) is 4.79 Å². The highest BCUT2D eigenvalue weighted by molar-refractivity contribution is 5.96. The van der Waals surface area contributed by atoms with E-state index in [4.69, 9.17) is 4.74 Å². The standard InChI is InChI=1S/C17H14F3NO5/c1-10-3-2-4-13(15(10)23)16(24)25-9-14(22)21-11-5-7-12(8-6-11)26-17(18,19)20/h2-8,23H,9H2,1H3,(H,21,22). The van der Waals surface area contributed by atoms with Crippen LogP contribution in [0, 0.1) is 6.92 Å². The molecule has 6 nitrogen and oxygen atoms in total. The van der Waals surface area contributed by atoms with Crippen molar-refractivity contribution in [3.63, 3.8) is 0 Å². The van der Waals surface area contributed by atoms with E-state index in [2.05, 4.69) is 10.1 Å². The van der Waals surface area contributed by atoms with Crippen LogP contribution < -0.4 is 10.1 Å². The van der Waals surface area contributed by atoms with Gasteiger partial charge in [-0.2, -0.15) is 0 Å². The number of amides is 1. The summed E-state index contributed by atoms with van der Waals surface area (Å²) in [6.07, 6.45) is -4.81. The molecule has 0 saturated heterocycles. The fourth-order valence-electron chi connectivity index (χ4n) is 1.97. The van der Waals surface area contributed by atoms with Gasteiger partial charge in [-0.1, -0.05) is 12.1 Å². The summed E-state index contributed by atoms with van der Waals surface area (Å²) in [4.78, 5) is 23.6. The fourth-order valence-corrected chi connectivity index (χ4v) is 1.97. The summed E-state index contributed by atoms with van der Waals surface area (Å²) >= 11 is 0. The molecule has 2 aromatic carbocycles. The Morgan fingerprint density at radius 1 is 1.12 bits per heavy atom. The molecule has 0 aromatic heterocycles. The Hall–Kier alpha value is -3.23. The average molecular weight is 369 g/mol. The predicted octanol–water partition coefficient (Wildman–Crippen LogP) is 3.39. The largest absolute Gasteiger partial charge is 0.573 e. The van der Waals surface area contributed by atoms with Crippen LogP contribution in [0.3, 0.4) is 0 Å². The second-order valence-corrected chi connectivity index (χ2v) is 5.17. The van der Waals surface area contributed by atoms with E-state index in [1.165, 1.54) is 18.2 Å². The second kappa shape index (κ2) is 7.77. The molecular formula is C17H14F3NO5. The van der Waals surface area contributed by atoms with Crippen molar-refractivity contribution in [3.05, 3.63) is 53.6 Å². The lowest BCUT2D eigenvalue weighted by atomic mass is 10.1. The highest BCUT2D eigenvalue weighted by atomic mass is 19.4. The highest BCUT2D eigenvalue weighted by Gasteiger charge is 2.30. The van der Waals surface area contributed by atoms with Crippen LogP contribution in [0.1, 0.15) is 15.9 Å². The van der Waals surface area contributed by atoms with Crippen LogP contribution in [0.25, 0.3) is 0 Å². The smallest absolute Gasteiger partial charge is 0.507 e. The van der Waals surface area contributed by atoms with Gasteiger partial charge in [-0.15, -0.1) is 13.2 Å². The van der Waals surface area contributed by atoms with E-state index in [0.29, 0.717) is 5.56 Å². The first kappa shape index (κ1) is 19.1. The number of hydrogen-bond acceptors (Lipinski definition) is 5. The fraction of sp³-hybridized carbons (Fsp3) is 0.176. The number of esters is 1. The molecule has 0 heterocycles. The molecule has 26 heavy (non-hydrogen) atoms. The quantitative estimate of drug-likeness (QED) is 0.789. The summed E-state index contributed by atoms with van der Waals surface area (Å²) in [6.45, 7) is 0.970. The van der Waals surface area contributed by atoms with Crippen LogP contribution in [-0.4, -0.2) is 30.0 Å². The molecule has 0 aliphatic rings. The number of benzene rings is 2. The number of para-hydroxylation sites is 1. The van der Waals surface area contributed by atoms with E-state index >= 15 is 0 Å². The topological polar surface area (TPSA) is 84.9 Å². The lowest BCUT2D eigenvalue weighted by molar-refractivity contribution is -0.274. The zero-order chi connectivity index (χ0) is 19.3. The van der Waals surface area contributed by atoms with E-state index in [0.717, 1.165) is 12.1 Å². The number of carbonyl (C=O) groups excluding carboxylic acids is 2. The van der Waals surface area contributed by atoms with Gasteiger partial charge in [-0.05, 0) is 42.8 Å². The predicted molar refractivity (Wildman–Crippen MR) is 84.9 cm³/mol. The molecule has 0 fully saturated rings. The van der Waals surface area contributed by atoms with E-state index < -0.39 is 30.6 Å². The number of aryl methyl sites for hydroxylation is 1. The number of nitrogens with one attached hydrogen (secondary N) is 1. The average Bonchev–Trinajstić information content (AvgIpc) is 2.55. The molecule has 0 atom stereocenters. The van der Waals surface area contributed by atoms with Crippen molar-refractivity contribution in [1.82, 2.24) is 0 Å². The van der Waals surface area contributed by atoms with Crippen molar-refractivity contribution < 1.29 is 37.3 Å². The van der Waals surface area contributed by atoms with Crippen molar-refractivity contribution in [3.8, 4) is 11.5 Å². The van der Waals surface area contributed by atoms with Gasteiger partial charge in [0.2, 0.25) is 0 Å². The minimum atomic E-state index is -4.81. The van der Waals surface area contributed by atoms with Gasteiger partial charge in [0.15, 0.2) is 6.61 Å². The molecule has 0 aliphatic heterocycles. The zero-order valence-electron chi connectivity index (χ0n) is 13.5. The summed E-state index contributed by atoms with van der Waals surface area (Å²) < 4.78 is 44.7. The van der Waals surface area contributed by atoms with Gasteiger partial charge in [0.05, 0.1) is 0 Å². The molecule has 9 heteroatoms. The molecule has 2 rings (SSSR count). The molecular weight excluding hydrogens is 355 g/mol. The molecule has 0 spiro atoms. The maximum atomic E-state index is 12.1. The number of carbonyl (C=O) groups is 2. The van der Waals surface area contributed by atoms with Crippen LogP contribution in [0.5, 0.6) is 11.5 Å². The van der Waals surface area contributed by atoms with Crippen molar-refractivity contribution >= 4 is 17.6 Å². The van der Waals surface area contributed by atoms with E-state index in [-0.39, 0.29) is 17.0 Å². The molecule has 2 N–H and O–H groups in total. The van der Waals surface area contributed by atoms with E-state index in [1.807, 2.05) is 0 Å².